The van der Waals surface area contributed by atoms with Crippen LogP contribution in [-0.4, -0.2) is 15.3 Å². The first-order chi connectivity index (χ1) is 9.91. The minimum atomic E-state index is -4.39. The van der Waals surface area contributed by atoms with E-state index < -0.39 is 11.7 Å². The van der Waals surface area contributed by atoms with Gasteiger partial charge in [-0.25, -0.2) is 4.98 Å². The Morgan fingerprint density at radius 3 is 2.48 bits per heavy atom. The molecule has 0 aliphatic carbocycles. The van der Waals surface area contributed by atoms with Crippen molar-refractivity contribution in [3.8, 4) is 0 Å². The molecule has 0 fully saturated rings. The predicted octanol–water partition coefficient (Wildman–Crippen LogP) is 3.74. The Hall–Kier alpha value is -2.11. The van der Waals surface area contributed by atoms with Gasteiger partial charge in [0, 0.05) is 24.5 Å². The van der Waals surface area contributed by atoms with Crippen molar-refractivity contribution in [2.24, 2.45) is 0 Å². The van der Waals surface area contributed by atoms with E-state index in [0.29, 0.717) is 5.82 Å². The summed E-state index contributed by atoms with van der Waals surface area (Å²) in [5.41, 5.74) is -0.499. The number of aromatic nitrogens is 2. The van der Waals surface area contributed by atoms with Crippen LogP contribution in [0.1, 0.15) is 35.1 Å². The molecule has 2 rings (SSSR count). The first-order valence-electron chi connectivity index (χ1n) is 6.62. The number of aryl methyl sites for hydroxylation is 1. The number of nitrogens with zero attached hydrogens (tertiary/aromatic N) is 2. The summed E-state index contributed by atoms with van der Waals surface area (Å²) in [6.07, 6.45) is 0.0129. The molecule has 0 N–H and O–H groups in total. The van der Waals surface area contributed by atoms with Crippen LogP contribution in [0.5, 0.6) is 0 Å². The van der Waals surface area contributed by atoms with Gasteiger partial charge < -0.3 is 4.57 Å². The van der Waals surface area contributed by atoms with E-state index in [4.69, 9.17) is 0 Å². The molecule has 112 valence electrons. The van der Waals surface area contributed by atoms with Gasteiger partial charge in [0.05, 0.1) is 12.0 Å². The van der Waals surface area contributed by atoms with E-state index in [-0.39, 0.29) is 17.8 Å². The average Bonchev–Trinajstić information content (AvgIpc) is 2.86. The lowest BCUT2D eigenvalue weighted by atomic mass is 10.1. The fourth-order valence-electron chi connectivity index (χ4n) is 2.04. The Bertz CT molecular complexity index is 615. The number of benzene rings is 1. The van der Waals surface area contributed by atoms with Crippen molar-refractivity contribution >= 4 is 5.78 Å². The van der Waals surface area contributed by atoms with Gasteiger partial charge in [-0.15, -0.1) is 0 Å². The van der Waals surface area contributed by atoms with E-state index in [9.17, 15) is 18.0 Å². The van der Waals surface area contributed by atoms with Crippen LogP contribution in [0.25, 0.3) is 0 Å². The molecule has 0 aliphatic heterocycles. The zero-order valence-corrected chi connectivity index (χ0v) is 11.5. The lowest BCUT2D eigenvalue weighted by Crippen LogP contribution is -2.11. The monoisotopic (exact) mass is 296 g/mol. The highest BCUT2D eigenvalue weighted by Crippen LogP contribution is 2.29. The fourth-order valence-corrected chi connectivity index (χ4v) is 2.04. The molecular weight excluding hydrogens is 281 g/mol. The molecule has 0 saturated heterocycles. The smallest absolute Gasteiger partial charge is 0.335 e. The molecule has 3 nitrogen and oxygen atoms in total. The molecule has 0 amide bonds. The summed E-state index contributed by atoms with van der Waals surface area (Å²) in [6, 6.07) is 4.26. The summed E-state index contributed by atoms with van der Waals surface area (Å²) in [6.45, 7) is 2.77. The number of imidazole rings is 1. The van der Waals surface area contributed by atoms with Crippen LogP contribution in [0, 0.1) is 0 Å². The van der Waals surface area contributed by atoms with Crippen LogP contribution in [0.4, 0.5) is 13.2 Å². The largest absolute Gasteiger partial charge is 0.416 e. The van der Waals surface area contributed by atoms with Crippen molar-refractivity contribution in [2.75, 3.05) is 0 Å². The maximum absolute atomic E-state index is 12.5. The van der Waals surface area contributed by atoms with Crippen LogP contribution in [0.3, 0.4) is 0 Å². The van der Waals surface area contributed by atoms with Crippen LogP contribution in [0.15, 0.2) is 36.7 Å². The second-order valence-corrected chi connectivity index (χ2v) is 4.71. The van der Waals surface area contributed by atoms with E-state index in [0.717, 1.165) is 25.1 Å². The average molecular weight is 296 g/mol. The van der Waals surface area contributed by atoms with E-state index in [1.54, 1.807) is 12.4 Å². The van der Waals surface area contributed by atoms with Crippen molar-refractivity contribution in [1.82, 2.24) is 9.55 Å². The fraction of sp³-hybridized carbons (Fsp3) is 0.333. The van der Waals surface area contributed by atoms with E-state index in [2.05, 4.69) is 4.98 Å². The lowest BCUT2D eigenvalue weighted by molar-refractivity contribution is -0.137. The number of hydrogen-bond acceptors (Lipinski definition) is 2. The highest BCUT2D eigenvalue weighted by atomic mass is 19.4. The molecule has 0 unspecified atom stereocenters. The summed E-state index contributed by atoms with van der Waals surface area (Å²) in [5, 5.41) is 0. The normalized spacial score (nSPS) is 11.6. The highest BCUT2D eigenvalue weighted by Gasteiger charge is 2.30. The number of carbonyl (C=O) groups is 1. The van der Waals surface area contributed by atoms with Crippen molar-refractivity contribution in [1.29, 1.82) is 0 Å². The molecule has 1 heterocycles. The highest BCUT2D eigenvalue weighted by molar-refractivity contribution is 5.97. The van der Waals surface area contributed by atoms with Crippen molar-refractivity contribution in [2.45, 2.75) is 32.5 Å². The molecule has 0 atom stereocenters. The molecule has 6 heteroatoms. The van der Waals surface area contributed by atoms with Gasteiger partial charge in [0.2, 0.25) is 0 Å². The Labute approximate surface area is 120 Å². The van der Waals surface area contributed by atoms with E-state index >= 15 is 0 Å². The number of halogens is 3. The zero-order chi connectivity index (χ0) is 15.5. The van der Waals surface area contributed by atoms with Gasteiger partial charge in [-0.1, -0.05) is 19.1 Å². The third kappa shape index (κ3) is 3.71. The molecule has 2 aromatic rings. The van der Waals surface area contributed by atoms with Gasteiger partial charge in [-0.2, -0.15) is 13.2 Å². The van der Waals surface area contributed by atoms with Gasteiger partial charge in [-0.3, -0.25) is 4.79 Å². The van der Waals surface area contributed by atoms with Gasteiger partial charge in [-0.05, 0) is 18.6 Å². The quantitative estimate of drug-likeness (QED) is 0.788. The van der Waals surface area contributed by atoms with Crippen LogP contribution in [0.2, 0.25) is 0 Å². The van der Waals surface area contributed by atoms with Crippen LogP contribution in [-0.2, 0) is 19.1 Å². The molecule has 21 heavy (non-hydrogen) atoms. The number of carbonyl (C=O) groups excluding carboxylic acids is 1. The van der Waals surface area contributed by atoms with Crippen LogP contribution >= 0.6 is 0 Å². The van der Waals surface area contributed by atoms with Crippen molar-refractivity contribution in [3.05, 3.63) is 53.6 Å². The van der Waals surface area contributed by atoms with Gasteiger partial charge in [0.15, 0.2) is 5.78 Å². The molecule has 0 spiro atoms. The number of hydrogen-bond donors (Lipinski definition) is 0. The summed E-state index contributed by atoms with van der Waals surface area (Å²) >= 11 is 0. The first-order valence-corrected chi connectivity index (χ1v) is 6.62. The molecule has 1 aromatic heterocycles. The molecule has 0 radical (unpaired) electrons. The lowest BCUT2D eigenvalue weighted by Gasteiger charge is -2.08. The number of alkyl halides is 3. The van der Waals surface area contributed by atoms with Gasteiger partial charge >= 0.3 is 6.18 Å². The second-order valence-electron chi connectivity index (χ2n) is 4.71. The summed E-state index contributed by atoms with van der Waals surface area (Å²) in [5.74, 6) is 0.383. The Morgan fingerprint density at radius 1 is 1.24 bits per heavy atom. The molecule has 1 aromatic carbocycles. The third-order valence-electron chi connectivity index (χ3n) is 3.12. The minimum absolute atomic E-state index is 0.0817. The zero-order valence-electron chi connectivity index (χ0n) is 11.5. The minimum Gasteiger partial charge on any atom is -0.335 e. The van der Waals surface area contributed by atoms with Gasteiger partial charge in [0.1, 0.15) is 5.82 Å². The van der Waals surface area contributed by atoms with Crippen molar-refractivity contribution in [3.63, 3.8) is 0 Å². The Morgan fingerprint density at radius 2 is 1.90 bits per heavy atom. The maximum atomic E-state index is 12.5. The van der Waals surface area contributed by atoms with Gasteiger partial charge in [0.25, 0.3) is 0 Å². The molecule has 0 aliphatic rings. The SMILES string of the molecule is CCCn1ccnc1CC(=O)c1ccc(C(F)(F)F)cc1. The first kappa shape index (κ1) is 15.3. The number of rotatable bonds is 5. The topological polar surface area (TPSA) is 34.9 Å². The maximum Gasteiger partial charge on any atom is 0.416 e. The van der Waals surface area contributed by atoms with Crippen molar-refractivity contribution < 1.29 is 18.0 Å². The molecular formula is C15H15F3N2O. The third-order valence-corrected chi connectivity index (χ3v) is 3.12. The summed E-state index contributed by atoms with van der Waals surface area (Å²) in [7, 11) is 0. The summed E-state index contributed by atoms with van der Waals surface area (Å²) < 4.78 is 39.3. The molecule has 0 saturated carbocycles. The Balaban J connectivity index is 2.11. The van der Waals surface area contributed by atoms with E-state index in [1.807, 2.05) is 11.5 Å². The summed E-state index contributed by atoms with van der Waals surface area (Å²) in [4.78, 5) is 16.2. The van der Waals surface area contributed by atoms with Crippen LogP contribution < -0.4 is 0 Å². The second kappa shape index (κ2) is 6.11. The van der Waals surface area contributed by atoms with E-state index in [1.165, 1.54) is 12.1 Å². The number of ketones is 1. The Kier molecular flexibility index (Phi) is 4.45. The standard InChI is InChI=1S/C15H15F3N2O/c1-2-8-20-9-7-19-14(20)10-13(21)11-3-5-12(6-4-11)15(16,17)18/h3-7,9H,2,8,10H2,1H3. The predicted molar refractivity (Wildman–Crippen MR) is 72.0 cm³/mol. The molecule has 0 bridgehead atoms. The number of Topliss-reactive ketones (excluding diaryl/α,β-unsaturated/α-hetero) is 1.